The van der Waals surface area contributed by atoms with Crippen LogP contribution in [0, 0.1) is 14.1 Å². The van der Waals surface area contributed by atoms with E-state index in [2.05, 4.69) is 55.5 Å². The maximum Gasteiger partial charge on any atom is 0.264 e. The van der Waals surface area contributed by atoms with E-state index in [0.29, 0.717) is 21.7 Å². The lowest BCUT2D eigenvalue weighted by atomic mass is 10.2. The van der Waals surface area contributed by atoms with Gasteiger partial charge in [0, 0.05) is 5.02 Å². The molecule has 0 atom stereocenters. The number of nitrogens with one attached hydrogen (secondary N) is 1. The monoisotopic (exact) mass is 686 g/mol. The zero-order chi connectivity index (χ0) is 22.7. The van der Waals surface area contributed by atoms with Crippen LogP contribution in [0.5, 0.6) is 5.75 Å². The topological polar surface area (TPSA) is 50.7 Å². The fourth-order valence-electron chi connectivity index (χ4n) is 2.99. The number of amidine groups is 1. The second-order valence-corrected chi connectivity index (χ2v) is 10.7. The average molecular weight is 687 g/mol. The van der Waals surface area contributed by atoms with E-state index in [-0.39, 0.29) is 5.91 Å². The first-order valence-electron chi connectivity index (χ1n) is 9.61. The van der Waals surface area contributed by atoms with E-state index in [4.69, 9.17) is 16.3 Å². The predicted octanol–water partition coefficient (Wildman–Crippen LogP) is 7.33. The second kappa shape index (κ2) is 10.6. The molecule has 1 heterocycles. The summed E-state index contributed by atoms with van der Waals surface area (Å²) in [7, 11) is 0. The summed E-state index contributed by atoms with van der Waals surface area (Å²) < 4.78 is 8.03. The van der Waals surface area contributed by atoms with Gasteiger partial charge in [0.15, 0.2) is 5.17 Å². The Morgan fingerprint density at radius 3 is 2.53 bits per heavy atom. The molecule has 1 saturated heterocycles. The number of amides is 1. The highest BCUT2D eigenvalue weighted by Crippen LogP contribution is 2.34. The first-order valence-corrected chi connectivity index (χ1v) is 13.0. The summed E-state index contributed by atoms with van der Waals surface area (Å²) in [6.45, 7) is 2.42. The van der Waals surface area contributed by atoms with Gasteiger partial charge >= 0.3 is 0 Å². The SMILES string of the molecule is Cc1c(Cl)cccc1N=C1NC(=O)/C(=C/c2cc(I)c(OCc3ccccc3)c(I)c2)S1. The summed E-state index contributed by atoms with van der Waals surface area (Å²) in [6.07, 6.45) is 1.87. The fourth-order valence-corrected chi connectivity index (χ4v) is 6.12. The first-order chi connectivity index (χ1) is 15.4. The molecule has 0 aliphatic carbocycles. The van der Waals surface area contributed by atoms with Crippen LogP contribution in [0.25, 0.3) is 6.08 Å². The van der Waals surface area contributed by atoms with E-state index in [1.165, 1.54) is 11.8 Å². The van der Waals surface area contributed by atoms with Gasteiger partial charge in [-0.2, -0.15) is 0 Å². The number of rotatable bonds is 5. The Labute approximate surface area is 223 Å². The largest absolute Gasteiger partial charge is 0.487 e. The molecule has 3 aromatic carbocycles. The van der Waals surface area contributed by atoms with Crippen LogP contribution in [0.2, 0.25) is 5.02 Å². The van der Waals surface area contributed by atoms with Crippen LogP contribution in [0.15, 0.2) is 70.6 Å². The molecule has 4 nitrogen and oxygen atoms in total. The Hall–Kier alpha value is -1.56. The molecule has 32 heavy (non-hydrogen) atoms. The van der Waals surface area contributed by atoms with Crippen molar-refractivity contribution in [1.82, 2.24) is 5.32 Å². The molecule has 0 bridgehead atoms. The van der Waals surface area contributed by atoms with E-state index in [1.54, 1.807) is 0 Å². The minimum Gasteiger partial charge on any atom is -0.487 e. The molecule has 4 rings (SSSR count). The van der Waals surface area contributed by atoms with E-state index in [0.717, 1.165) is 35.3 Å². The van der Waals surface area contributed by atoms with Crippen molar-refractivity contribution in [2.24, 2.45) is 4.99 Å². The standard InChI is InChI=1S/C24H17ClI2N2O2S/c1-14-17(25)8-5-9-20(14)28-24-29-23(30)21(32-24)12-16-10-18(26)22(19(27)11-16)31-13-15-6-3-2-4-7-15/h2-12H,13H2,1H3,(H,28,29,30)/b21-12-. The third kappa shape index (κ3) is 5.67. The molecule has 1 N–H and O–H groups in total. The normalized spacial score (nSPS) is 15.9. The average Bonchev–Trinajstić information content (AvgIpc) is 3.10. The molecule has 8 heteroatoms. The first kappa shape index (κ1) is 23.6. The highest BCUT2D eigenvalue weighted by Gasteiger charge is 2.24. The van der Waals surface area contributed by atoms with Crippen molar-refractivity contribution in [2.75, 3.05) is 0 Å². The minimum absolute atomic E-state index is 0.164. The third-order valence-electron chi connectivity index (χ3n) is 4.66. The highest BCUT2D eigenvalue weighted by molar-refractivity contribution is 14.1. The lowest BCUT2D eigenvalue weighted by Gasteiger charge is -2.11. The van der Waals surface area contributed by atoms with Gasteiger partial charge in [-0.15, -0.1) is 0 Å². The van der Waals surface area contributed by atoms with Crippen LogP contribution in [-0.4, -0.2) is 11.1 Å². The second-order valence-electron chi connectivity index (χ2n) is 6.95. The zero-order valence-corrected chi connectivity index (χ0v) is 22.8. The van der Waals surface area contributed by atoms with Crippen molar-refractivity contribution < 1.29 is 9.53 Å². The summed E-state index contributed by atoms with van der Waals surface area (Å²) in [5, 5.41) is 4.02. The van der Waals surface area contributed by atoms with Crippen LogP contribution in [0.1, 0.15) is 16.7 Å². The predicted molar refractivity (Wildman–Crippen MR) is 150 cm³/mol. The zero-order valence-electron chi connectivity index (χ0n) is 16.9. The summed E-state index contributed by atoms with van der Waals surface area (Å²) in [5.41, 5.74) is 3.67. The molecule has 1 aliphatic rings. The molecule has 0 unspecified atom stereocenters. The smallest absolute Gasteiger partial charge is 0.264 e. The van der Waals surface area contributed by atoms with Crippen molar-refractivity contribution in [2.45, 2.75) is 13.5 Å². The number of carbonyl (C=O) groups excluding carboxylic acids is 1. The Balaban J connectivity index is 1.52. The van der Waals surface area contributed by atoms with Crippen molar-refractivity contribution >= 4 is 91.4 Å². The van der Waals surface area contributed by atoms with Crippen molar-refractivity contribution in [1.29, 1.82) is 0 Å². The van der Waals surface area contributed by atoms with E-state index < -0.39 is 0 Å². The number of ether oxygens (including phenoxy) is 1. The van der Waals surface area contributed by atoms with Gasteiger partial charge < -0.3 is 10.1 Å². The van der Waals surface area contributed by atoms with E-state index >= 15 is 0 Å². The molecule has 0 spiro atoms. The summed E-state index contributed by atoms with van der Waals surface area (Å²) in [5.74, 6) is 0.683. The van der Waals surface area contributed by atoms with Gasteiger partial charge in [-0.3, -0.25) is 4.79 Å². The number of halogens is 3. The summed E-state index contributed by atoms with van der Waals surface area (Å²) >= 11 is 12.0. The van der Waals surface area contributed by atoms with Crippen LogP contribution in [0.4, 0.5) is 5.69 Å². The Kier molecular flexibility index (Phi) is 7.80. The fraction of sp³-hybridized carbons (Fsp3) is 0.0833. The molecular weight excluding hydrogens is 670 g/mol. The van der Waals surface area contributed by atoms with Crippen molar-refractivity contribution in [3.05, 3.63) is 94.4 Å². The van der Waals surface area contributed by atoms with E-state index in [1.807, 2.05) is 73.7 Å². The molecule has 1 aliphatic heterocycles. The van der Waals surface area contributed by atoms with Gasteiger partial charge in [-0.05, 0) is 111 Å². The van der Waals surface area contributed by atoms with Crippen LogP contribution in [0.3, 0.4) is 0 Å². The van der Waals surface area contributed by atoms with Crippen LogP contribution < -0.4 is 10.1 Å². The Bertz CT molecular complexity index is 1220. The number of nitrogens with zero attached hydrogens (tertiary/aromatic N) is 1. The van der Waals surface area contributed by atoms with Gasteiger partial charge in [0.2, 0.25) is 0 Å². The van der Waals surface area contributed by atoms with Crippen molar-refractivity contribution in [3.8, 4) is 5.75 Å². The van der Waals surface area contributed by atoms with E-state index in [9.17, 15) is 4.79 Å². The quantitative estimate of drug-likeness (QED) is 0.226. The number of aliphatic imine (C=N–C) groups is 1. The number of hydrogen-bond donors (Lipinski definition) is 1. The number of benzene rings is 3. The molecule has 0 aromatic heterocycles. The minimum atomic E-state index is -0.164. The van der Waals surface area contributed by atoms with Gasteiger partial charge in [0.05, 0.1) is 17.7 Å². The maximum atomic E-state index is 12.5. The molecule has 0 radical (unpaired) electrons. The van der Waals surface area contributed by atoms with Gasteiger partial charge in [0.25, 0.3) is 5.91 Å². The summed E-state index contributed by atoms with van der Waals surface area (Å²) in [4.78, 5) is 17.6. The molecular formula is C24H17ClI2N2O2S. The molecule has 3 aromatic rings. The number of hydrogen-bond acceptors (Lipinski definition) is 4. The Morgan fingerprint density at radius 1 is 1.09 bits per heavy atom. The molecule has 1 amide bonds. The Morgan fingerprint density at radius 2 is 1.81 bits per heavy atom. The molecule has 0 saturated carbocycles. The van der Waals surface area contributed by atoms with Gasteiger partial charge in [-0.1, -0.05) is 48.0 Å². The molecule has 1 fully saturated rings. The maximum absolute atomic E-state index is 12.5. The van der Waals surface area contributed by atoms with Crippen LogP contribution >= 0.6 is 68.5 Å². The highest BCUT2D eigenvalue weighted by atomic mass is 127. The van der Waals surface area contributed by atoms with Gasteiger partial charge in [0.1, 0.15) is 12.4 Å². The number of carbonyl (C=O) groups is 1. The lowest BCUT2D eigenvalue weighted by Crippen LogP contribution is -2.19. The van der Waals surface area contributed by atoms with Crippen LogP contribution in [-0.2, 0) is 11.4 Å². The third-order valence-corrected chi connectivity index (χ3v) is 7.58. The molecule has 162 valence electrons. The summed E-state index contributed by atoms with van der Waals surface area (Å²) in [6, 6.07) is 19.6. The number of thioether (sulfide) groups is 1. The van der Waals surface area contributed by atoms with Crippen molar-refractivity contribution in [3.63, 3.8) is 0 Å². The van der Waals surface area contributed by atoms with Gasteiger partial charge in [-0.25, -0.2) is 4.99 Å². The lowest BCUT2D eigenvalue weighted by molar-refractivity contribution is -0.115.